The fourth-order valence-corrected chi connectivity index (χ4v) is 2.56. The highest BCUT2D eigenvalue weighted by Crippen LogP contribution is 2.29. The van der Waals surface area contributed by atoms with Gasteiger partial charge in [-0.15, -0.1) is 0 Å². The minimum absolute atomic E-state index is 0.0223. The van der Waals surface area contributed by atoms with E-state index in [0.29, 0.717) is 17.8 Å². The zero-order chi connectivity index (χ0) is 18.1. The summed E-state index contributed by atoms with van der Waals surface area (Å²) < 4.78 is 49.0. The Bertz CT molecular complexity index is 668. The zero-order valence-electron chi connectivity index (χ0n) is 12.9. The van der Waals surface area contributed by atoms with E-state index < -0.39 is 23.4 Å². The van der Waals surface area contributed by atoms with Gasteiger partial charge in [0.15, 0.2) is 0 Å². The number of aromatic carboxylic acids is 1. The number of hydrogen-bond donors (Lipinski definition) is 1. The van der Waals surface area contributed by atoms with E-state index in [1.54, 1.807) is 18.9 Å². The molecule has 0 saturated carbocycles. The van der Waals surface area contributed by atoms with E-state index in [9.17, 15) is 18.0 Å². The molecule has 1 fully saturated rings. The molecular weight excluding hydrogens is 349 g/mol. The Balaban J connectivity index is 2.11. The van der Waals surface area contributed by atoms with E-state index >= 15 is 0 Å². The maximum absolute atomic E-state index is 12.7. The van der Waals surface area contributed by atoms with Crippen LogP contribution in [-0.4, -0.2) is 51.9 Å². The van der Waals surface area contributed by atoms with Crippen molar-refractivity contribution in [2.24, 2.45) is 0 Å². The SMILES string of the molecule is CN1CC(C)(COCc2nc(C(F)(F)F)ccc2C(=O)O)OC1=S. The van der Waals surface area contributed by atoms with Crippen LogP contribution in [0.2, 0.25) is 0 Å². The van der Waals surface area contributed by atoms with Gasteiger partial charge < -0.3 is 19.5 Å². The lowest BCUT2D eigenvalue weighted by Gasteiger charge is -2.22. The van der Waals surface area contributed by atoms with Gasteiger partial charge in [0.25, 0.3) is 5.17 Å². The van der Waals surface area contributed by atoms with Crippen molar-refractivity contribution >= 4 is 23.4 Å². The number of likely N-dealkylation sites (N-methyl/N-ethyl adjacent to an activating group) is 1. The van der Waals surface area contributed by atoms with Crippen LogP contribution in [0.5, 0.6) is 0 Å². The molecule has 0 spiro atoms. The van der Waals surface area contributed by atoms with Gasteiger partial charge >= 0.3 is 12.1 Å². The molecule has 6 nitrogen and oxygen atoms in total. The third-order valence-electron chi connectivity index (χ3n) is 3.36. The summed E-state index contributed by atoms with van der Waals surface area (Å²) in [6.07, 6.45) is -4.67. The number of rotatable bonds is 5. The number of aromatic nitrogens is 1. The summed E-state index contributed by atoms with van der Waals surface area (Å²) in [7, 11) is 1.74. The average Bonchev–Trinajstić information content (AvgIpc) is 2.70. The second-order valence-corrected chi connectivity index (χ2v) is 6.01. The molecule has 0 amide bonds. The number of ether oxygens (including phenoxy) is 2. The molecule has 132 valence electrons. The van der Waals surface area contributed by atoms with Gasteiger partial charge in [-0.1, -0.05) is 0 Å². The van der Waals surface area contributed by atoms with Crippen molar-refractivity contribution in [3.8, 4) is 0 Å². The van der Waals surface area contributed by atoms with E-state index in [4.69, 9.17) is 26.8 Å². The van der Waals surface area contributed by atoms with Gasteiger partial charge in [0, 0.05) is 7.05 Å². The Morgan fingerprint density at radius 2 is 2.21 bits per heavy atom. The molecule has 0 bridgehead atoms. The van der Waals surface area contributed by atoms with Crippen LogP contribution in [0.1, 0.15) is 28.7 Å². The second kappa shape index (κ2) is 6.52. The Morgan fingerprint density at radius 3 is 2.71 bits per heavy atom. The fraction of sp³-hybridized carbons (Fsp3) is 0.500. The van der Waals surface area contributed by atoms with E-state index in [1.165, 1.54) is 0 Å². The minimum Gasteiger partial charge on any atom is -0.478 e. The first kappa shape index (κ1) is 18.4. The lowest BCUT2D eigenvalue weighted by atomic mass is 10.1. The lowest BCUT2D eigenvalue weighted by molar-refractivity contribution is -0.141. The van der Waals surface area contributed by atoms with Crippen molar-refractivity contribution < 1.29 is 32.5 Å². The van der Waals surface area contributed by atoms with Crippen LogP contribution in [0.25, 0.3) is 0 Å². The van der Waals surface area contributed by atoms with Gasteiger partial charge in [0.1, 0.15) is 11.3 Å². The normalized spacial score (nSPS) is 21.0. The van der Waals surface area contributed by atoms with Crippen molar-refractivity contribution in [2.45, 2.75) is 25.3 Å². The molecule has 1 atom stereocenters. The molecule has 1 aromatic rings. The summed E-state index contributed by atoms with van der Waals surface area (Å²) in [5.74, 6) is -1.38. The number of nitrogens with zero attached hydrogens (tertiary/aromatic N) is 2. The first-order valence-corrected chi connectivity index (χ1v) is 7.25. The zero-order valence-corrected chi connectivity index (χ0v) is 13.7. The van der Waals surface area contributed by atoms with Crippen molar-refractivity contribution in [3.63, 3.8) is 0 Å². The minimum atomic E-state index is -4.67. The largest absolute Gasteiger partial charge is 0.478 e. The smallest absolute Gasteiger partial charge is 0.433 e. The van der Waals surface area contributed by atoms with Gasteiger partial charge in [0.2, 0.25) is 0 Å². The fourth-order valence-electron chi connectivity index (χ4n) is 2.29. The molecule has 0 radical (unpaired) electrons. The number of hydrogen-bond acceptors (Lipinski definition) is 5. The van der Waals surface area contributed by atoms with Crippen LogP contribution in [-0.2, 0) is 22.3 Å². The number of halogens is 3. The van der Waals surface area contributed by atoms with Gasteiger partial charge in [-0.25, -0.2) is 9.78 Å². The molecule has 1 unspecified atom stereocenters. The van der Waals surface area contributed by atoms with Crippen molar-refractivity contribution in [3.05, 3.63) is 29.1 Å². The molecule has 0 aromatic carbocycles. The van der Waals surface area contributed by atoms with Crippen molar-refractivity contribution in [2.75, 3.05) is 20.2 Å². The Kier molecular flexibility index (Phi) is 5.00. The molecule has 1 aliphatic heterocycles. The third-order valence-corrected chi connectivity index (χ3v) is 3.75. The highest BCUT2D eigenvalue weighted by molar-refractivity contribution is 7.80. The predicted molar refractivity (Wildman–Crippen MR) is 80.6 cm³/mol. The van der Waals surface area contributed by atoms with E-state index in [2.05, 4.69) is 4.98 Å². The summed E-state index contributed by atoms with van der Waals surface area (Å²) in [6, 6.07) is 1.50. The topological polar surface area (TPSA) is 71.9 Å². The van der Waals surface area contributed by atoms with Crippen LogP contribution in [0.3, 0.4) is 0 Å². The van der Waals surface area contributed by atoms with E-state index in [-0.39, 0.29) is 24.5 Å². The molecule has 2 rings (SSSR count). The van der Waals surface area contributed by atoms with Gasteiger partial charge in [-0.2, -0.15) is 13.2 Å². The van der Waals surface area contributed by atoms with Crippen LogP contribution in [0.4, 0.5) is 13.2 Å². The number of pyridine rings is 1. The van der Waals surface area contributed by atoms with Gasteiger partial charge in [-0.3, -0.25) is 0 Å². The van der Waals surface area contributed by atoms with E-state index in [0.717, 1.165) is 6.07 Å². The highest BCUT2D eigenvalue weighted by Gasteiger charge is 2.38. The predicted octanol–water partition coefficient (Wildman–Crippen LogP) is 2.32. The molecule has 1 N–H and O–H groups in total. The first-order valence-electron chi connectivity index (χ1n) is 6.84. The van der Waals surface area contributed by atoms with Crippen LogP contribution >= 0.6 is 12.2 Å². The summed E-state index contributed by atoms with van der Waals surface area (Å²) in [5, 5.41) is 9.36. The molecular formula is C14H15F3N2O4S. The second-order valence-electron chi connectivity index (χ2n) is 5.66. The first-order chi connectivity index (χ1) is 11.0. The van der Waals surface area contributed by atoms with Crippen LogP contribution < -0.4 is 0 Å². The number of alkyl halides is 3. The number of thiocarbonyl (C=S) groups is 1. The lowest BCUT2D eigenvalue weighted by Crippen LogP contribution is -2.35. The van der Waals surface area contributed by atoms with Gasteiger partial charge in [0.05, 0.1) is 31.0 Å². The van der Waals surface area contributed by atoms with Crippen molar-refractivity contribution in [1.29, 1.82) is 0 Å². The summed E-state index contributed by atoms with van der Waals surface area (Å²) in [4.78, 5) is 16.2. The summed E-state index contributed by atoms with van der Waals surface area (Å²) in [6.45, 7) is 1.82. The maximum atomic E-state index is 12.7. The standard InChI is InChI=1S/C14H15F3N2O4S/c1-13(6-19(2)12(24)23-13)7-22-5-9-8(11(20)21)3-4-10(18-9)14(15,16)17/h3-4H,5-7H2,1-2H3,(H,20,21). The third kappa shape index (κ3) is 4.12. The van der Waals surface area contributed by atoms with Crippen LogP contribution in [0, 0.1) is 0 Å². The Labute approximate surface area is 141 Å². The maximum Gasteiger partial charge on any atom is 0.433 e. The molecule has 2 heterocycles. The monoisotopic (exact) mass is 364 g/mol. The summed E-state index contributed by atoms with van der Waals surface area (Å²) >= 11 is 4.98. The Morgan fingerprint density at radius 1 is 1.54 bits per heavy atom. The molecule has 1 aromatic heterocycles. The molecule has 24 heavy (non-hydrogen) atoms. The number of carboxylic acids is 1. The Hall–Kier alpha value is -1.94. The number of carboxylic acid groups (broad SMARTS) is 1. The highest BCUT2D eigenvalue weighted by atomic mass is 32.1. The van der Waals surface area contributed by atoms with Crippen LogP contribution in [0.15, 0.2) is 12.1 Å². The number of carbonyl (C=O) groups is 1. The average molecular weight is 364 g/mol. The molecule has 0 aliphatic carbocycles. The van der Waals surface area contributed by atoms with Gasteiger partial charge in [-0.05, 0) is 31.3 Å². The van der Waals surface area contributed by atoms with E-state index in [1.807, 2.05) is 0 Å². The molecule has 1 saturated heterocycles. The molecule has 1 aliphatic rings. The quantitative estimate of drug-likeness (QED) is 0.804. The van der Waals surface area contributed by atoms with Crippen molar-refractivity contribution in [1.82, 2.24) is 9.88 Å². The summed E-state index contributed by atoms with van der Waals surface area (Å²) in [5.41, 5.74) is -2.56. The molecule has 10 heteroatoms.